The molecule has 0 amide bonds. The molecule has 0 spiro atoms. The number of non-ortho nitro benzene ring substituents is 1. The van der Waals surface area contributed by atoms with Crippen molar-refractivity contribution >= 4 is 22.3 Å². The van der Waals surface area contributed by atoms with E-state index in [0.717, 1.165) is 23.5 Å². The van der Waals surface area contributed by atoms with Gasteiger partial charge in [-0.25, -0.2) is 4.98 Å². The van der Waals surface area contributed by atoms with E-state index in [-0.39, 0.29) is 10.6 Å². The van der Waals surface area contributed by atoms with Gasteiger partial charge in [0.25, 0.3) is 5.69 Å². The largest absolute Gasteiger partial charge is 0.384 e. The van der Waals surface area contributed by atoms with Gasteiger partial charge in [-0.05, 0) is 37.0 Å². The van der Waals surface area contributed by atoms with E-state index in [9.17, 15) is 10.1 Å². The van der Waals surface area contributed by atoms with E-state index in [0.29, 0.717) is 5.52 Å². The highest BCUT2D eigenvalue weighted by Gasteiger charge is 2.21. The number of nitro groups is 1. The number of hydrogen-bond donors (Lipinski definition) is 1. The molecule has 1 aliphatic rings. The maximum Gasteiger partial charge on any atom is 0.295 e. The summed E-state index contributed by atoms with van der Waals surface area (Å²) in [6.07, 6.45) is 4.13. The van der Waals surface area contributed by atoms with Crippen molar-refractivity contribution in [3.63, 3.8) is 0 Å². The average Bonchev–Trinajstić information content (AvgIpc) is 3.19. The minimum Gasteiger partial charge on any atom is -0.384 e. The fourth-order valence-electron chi connectivity index (χ4n) is 2.04. The number of nitro benzene ring substituents is 1. The van der Waals surface area contributed by atoms with E-state index >= 15 is 0 Å². The van der Waals surface area contributed by atoms with Crippen molar-refractivity contribution in [2.75, 3.05) is 11.9 Å². The molecule has 1 saturated carbocycles. The Morgan fingerprint density at radius 1 is 1.39 bits per heavy atom. The summed E-state index contributed by atoms with van der Waals surface area (Å²) in [5.74, 6) is 0.756. The number of aromatic nitrogens is 1. The summed E-state index contributed by atoms with van der Waals surface area (Å²) in [5.41, 5.74) is 1.43. The Bertz CT molecular complexity index is 608. The smallest absolute Gasteiger partial charge is 0.295 e. The van der Waals surface area contributed by atoms with E-state index in [4.69, 9.17) is 0 Å². The molecule has 1 aromatic carbocycles. The molecule has 0 saturated heterocycles. The van der Waals surface area contributed by atoms with Crippen LogP contribution in [0.3, 0.4) is 0 Å². The molecule has 1 aromatic heterocycles. The van der Waals surface area contributed by atoms with Gasteiger partial charge in [0.2, 0.25) is 0 Å². The van der Waals surface area contributed by atoms with Crippen LogP contribution in [0.1, 0.15) is 12.8 Å². The zero-order chi connectivity index (χ0) is 12.5. The van der Waals surface area contributed by atoms with Crippen LogP contribution in [-0.4, -0.2) is 16.5 Å². The third-order valence-corrected chi connectivity index (χ3v) is 3.22. The van der Waals surface area contributed by atoms with E-state index in [1.54, 1.807) is 18.3 Å². The van der Waals surface area contributed by atoms with E-state index < -0.39 is 0 Å². The molecule has 1 aliphatic carbocycles. The Labute approximate surface area is 104 Å². The molecule has 0 aliphatic heterocycles. The van der Waals surface area contributed by atoms with Crippen molar-refractivity contribution in [3.05, 3.63) is 40.6 Å². The number of hydrogen-bond acceptors (Lipinski definition) is 4. The molecule has 0 radical (unpaired) electrons. The summed E-state index contributed by atoms with van der Waals surface area (Å²) >= 11 is 0. The number of fused-ring (bicyclic) bond motifs is 1. The molecule has 1 heterocycles. The monoisotopic (exact) mass is 243 g/mol. The predicted octanol–water partition coefficient (Wildman–Crippen LogP) is 2.96. The topological polar surface area (TPSA) is 68.1 Å². The molecular formula is C13H13N3O2. The highest BCUT2D eigenvalue weighted by molar-refractivity contribution is 5.96. The zero-order valence-corrected chi connectivity index (χ0v) is 9.80. The van der Waals surface area contributed by atoms with Crippen LogP contribution in [0.15, 0.2) is 30.5 Å². The van der Waals surface area contributed by atoms with Crippen molar-refractivity contribution in [1.29, 1.82) is 0 Å². The lowest BCUT2D eigenvalue weighted by atomic mass is 10.1. The first kappa shape index (κ1) is 11.0. The molecule has 18 heavy (non-hydrogen) atoms. The van der Waals surface area contributed by atoms with Crippen LogP contribution >= 0.6 is 0 Å². The van der Waals surface area contributed by atoms with Crippen LogP contribution in [-0.2, 0) is 0 Å². The van der Waals surface area contributed by atoms with Crippen molar-refractivity contribution in [3.8, 4) is 0 Å². The maximum atomic E-state index is 10.9. The van der Waals surface area contributed by atoms with Gasteiger partial charge in [-0.1, -0.05) is 0 Å². The molecule has 0 bridgehead atoms. The van der Waals surface area contributed by atoms with Gasteiger partial charge in [0, 0.05) is 29.9 Å². The molecule has 0 atom stereocenters. The second-order valence-electron chi connectivity index (χ2n) is 4.61. The second-order valence-corrected chi connectivity index (χ2v) is 4.61. The van der Waals surface area contributed by atoms with Crippen molar-refractivity contribution < 1.29 is 4.92 Å². The number of nitrogens with one attached hydrogen (secondary N) is 1. The van der Waals surface area contributed by atoms with Crippen molar-refractivity contribution in [2.24, 2.45) is 5.92 Å². The third-order valence-electron chi connectivity index (χ3n) is 3.22. The molecule has 1 N–H and O–H groups in total. The standard InChI is InChI=1S/C13H13N3O2/c17-16(18)12-6-5-11(15-8-9-3-4-9)10-2-1-7-14-13(10)12/h1-2,5-7,9,15H,3-4,8H2. The van der Waals surface area contributed by atoms with Gasteiger partial charge in [0.05, 0.1) is 4.92 Å². The maximum absolute atomic E-state index is 10.9. The Kier molecular flexibility index (Phi) is 2.59. The van der Waals surface area contributed by atoms with Crippen LogP contribution in [0.5, 0.6) is 0 Å². The Hall–Kier alpha value is -2.17. The normalized spacial score (nSPS) is 14.7. The van der Waals surface area contributed by atoms with Crippen LogP contribution in [0.2, 0.25) is 0 Å². The van der Waals surface area contributed by atoms with Gasteiger partial charge >= 0.3 is 0 Å². The van der Waals surface area contributed by atoms with Crippen LogP contribution in [0.25, 0.3) is 10.9 Å². The van der Waals surface area contributed by atoms with E-state index in [2.05, 4.69) is 10.3 Å². The quantitative estimate of drug-likeness (QED) is 0.662. The summed E-state index contributed by atoms with van der Waals surface area (Å²) in [6.45, 7) is 0.932. The molecule has 3 rings (SSSR count). The first-order valence-electron chi connectivity index (χ1n) is 6.01. The number of nitrogens with zero attached hydrogens (tertiary/aromatic N) is 2. The molecule has 1 fully saturated rings. The van der Waals surface area contributed by atoms with Gasteiger partial charge in [-0.15, -0.1) is 0 Å². The van der Waals surface area contributed by atoms with Gasteiger partial charge in [0.15, 0.2) is 0 Å². The van der Waals surface area contributed by atoms with E-state index in [1.807, 2.05) is 6.07 Å². The highest BCUT2D eigenvalue weighted by Crippen LogP contribution is 2.32. The Morgan fingerprint density at radius 2 is 2.22 bits per heavy atom. The first-order chi connectivity index (χ1) is 8.75. The summed E-state index contributed by atoms with van der Waals surface area (Å²) in [6, 6.07) is 6.95. The average molecular weight is 243 g/mol. The van der Waals surface area contributed by atoms with Gasteiger partial charge < -0.3 is 5.32 Å². The summed E-state index contributed by atoms with van der Waals surface area (Å²) < 4.78 is 0. The number of rotatable bonds is 4. The minimum atomic E-state index is -0.389. The minimum absolute atomic E-state index is 0.0579. The van der Waals surface area contributed by atoms with Crippen LogP contribution < -0.4 is 5.32 Å². The number of pyridine rings is 1. The fourth-order valence-corrected chi connectivity index (χ4v) is 2.04. The summed E-state index contributed by atoms with van der Waals surface area (Å²) in [7, 11) is 0. The fraction of sp³-hybridized carbons (Fsp3) is 0.308. The second kappa shape index (κ2) is 4.25. The lowest BCUT2D eigenvalue weighted by Gasteiger charge is -2.08. The molecule has 5 nitrogen and oxygen atoms in total. The molecular weight excluding hydrogens is 230 g/mol. The SMILES string of the molecule is O=[N+]([O-])c1ccc(NCC2CC2)c2cccnc12. The van der Waals surface area contributed by atoms with Gasteiger partial charge in [0.1, 0.15) is 5.52 Å². The van der Waals surface area contributed by atoms with Gasteiger partial charge in [-0.3, -0.25) is 10.1 Å². The molecule has 2 aromatic rings. The number of benzene rings is 1. The van der Waals surface area contributed by atoms with Crippen LogP contribution in [0.4, 0.5) is 11.4 Å². The molecule has 0 unspecified atom stereocenters. The lowest BCUT2D eigenvalue weighted by molar-refractivity contribution is -0.383. The first-order valence-corrected chi connectivity index (χ1v) is 6.01. The van der Waals surface area contributed by atoms with Gasteiger partial charge in [-0.2, -0.15) is 0 Å². The zero-order valence-electron chi connectivity index (χ0n) is 9.80. The molecule has 5 heteroatoms. The Balaban J connectivity index is 2.04. The van der Waals surface area contributed by atoms with Crippen LogP contribution in [0, 0.1) is 16.0 Å². The summed E-state index contributed by atoms with van der Waals surface area (Å²) in [4.78, 5) is 14.7. The van der Waals surface area contributed by atoms with E-state index in [1.165, 1.54) is 18.9 Å². The third kappa shape index (κ3) is 1.99. The molecule has 92 valence electrons. The Morgan fingerprint density at radius 3 is 2.94 bits per heavy atom. The van der Waals surface area contributed by atoms with Crippen molar-refractivity contribution in [2.45, 2.75) is 12.8 Å². The lowest BCUT2D eigenvalue weighted by Crippen LogP contribution is -2.04. The highest BCUT2D eigenvalue weighted by atomic mass is 16.6. The summed E-state index contributed by atoms with van der Waals surface area (Å²) in [5, 5.41) is 15.1. The van der Waals surface area contributed by atoms with Crippen molar-refractivity contribution in [1.82, 2.24) is 4.98 Å². The predicted molar refractivity (Wildman–Crippen MR) is 69.6 cm³/mol. The number of anilines is 1.